The molecule has 0 unspecified atom stereocenters. The van der Waals surface area contributed by atoms with E-state index in [1.54, 1.807) is 20.8 Å². The fourth-order valence-corrected chi connectivity index (χ4v) is 4.67. The van der Waals surface area contributed by atoms with Gasteiger partial charge in [-0.25, -0.2) is 0 Å². The molecule has 0 aromatic carbocycles. The van der Waals surface area contributed by atoms with Crippen molar-refractivity contribution < 1.29 is 19.1 Å². The van der Waals surface area contributed by atoms with Crippen molar-refractivity contribution in [3.05, 3.63) is 0 Å². The lowest BCUT2D eigenvalue weighted by atomic mass is 9.98. The summed E-state index contributed by atoms with van der Waals surface area (Å²) < 4.78 is 9.77. The minimum absolute atomic E-state index is 0.274. The molecular formula is C14H24O4S2. The second-order valence-corrected chi connectivity index (χ2v) is 8.68. The van der Waals surface area contributed by atoms with E-state index in [9.17, 15) is 9.59 Å². The molecular weight excluding hydrogens is 296 g/mol. The molecule has 6 heteroatoms. The maximum absolute atomic E-state index is 11.4. The molecule has 0 radical (unpaired) electrons. The molecule has 0 bridgehead atoms. The standard InChI is InChI=1S/C14H24O4S2/c1-14(2,3)13(16)18-10-17-12(15)7-5-4-6-11-8-9-19-20-11/h11H,4-10H2,1-3H3/t11-/m1/s1. The summed E-state index contributed by atoms with van der Waals surface area (Å²) in [6, 6.07) is 0. The SMILES string of the molecule is CC(C)(C)C(=O)OCOC(=O)CCCC[C@@H]1CCSS1. The van der Waals surface area contributed by atoms with Crippen LogP contribution >= 0.6 is 21.6 Å². The van der Waals surface area contributed by atoms with Crippen LogP contribution in [0, 0.1) is 5.41 Å². The molecule has 1 rings (SSSR count). The number of esters is 2. The number of rotatable bonds is 7. The Kier molecular flexibility index (Phi) is 7.80. The number of unbranched alkanes of at least 4 members (excludes halogenated alkanes) is 1. The lowest BCUT2D eigenvalue weighted by Gasteiger charge is -2.16. The van der Waals surface area contributed by atoms with E-state index in [2.05, 4.69) is 0 Å². The lowest BCUT2D eigenvalue weighted by Crippen LogP contribution is -2.24. The Morgan fingerprint density at radius 1 is 1.20 bits per heavy atom. The van der Waals surface area contributed by atoms with Crippen molar-refractivity contribution in [2.24, 2.45) is 5.41 Å². The fourth-order valence-electron chi connectivity index (χ4n) is 1.64. The highest BCUT2D eigenvalue weighted by atomic mass is 33.1. The van der Waals surface area contributed by atoms with Crippen LogP contribution in [0.4, 0.5) is 0 Å². The number of ether oxygens (including phenoxy) is 2. The Balaban J connectivity index is 1.98. The Morgan fingerprint density at radius 2 is 1.95 bits per heavy atom. The summed E-state index contributed by atoms with van der Waals surface area (Å²) in [5.74, 6) is 0.595. The van der Waals surface area contributed by atoms with Gasteiger partial charge < -0.3 is 9.47 Å². The summed E-state index contributed by atoms with van der Waals surface area (Å²) >= 11 is 0. The number of carbonyl (C=O) groups excluding carboxylic acids is 2. The first-order valence-electron chi connectivity index (χ1n) is 7.00. The van der Waals surface area contributed by atoms with Crippen LogP contribution in [-0.4, -0.2) is 29.7 Å². The van der Waals surface area contributed by atoms with Gasteiger partial charge in [0.15, 0.2) is 0 Å². The zero-order valence-electron chi connectivity index (χ0n) is 12.5. The van der Waals surface area contributed by atoms with Crippen LogP contribution < -0.4 is 0 Å². The minimum atomic E-state index is -0.566. The summed E-state index contributed by atoms with van der Waals surface area (Å²) in [7, 11) is 3.90. The van der Waals surface area contributed by atoms with Crippen molar-refractivity contribution in [1.82, 2.24) is 0 Å². The largest absolute Gasteiger partial charge is 0.428 e. The van der Waals surface area contributed by atoms with Crippen molar-refractivity contribution >= 4 is 33.5 Å². The van der Waals surface area contributed by atoms with Crippen molar-refractivity contribution in [2.45, 2.75) is 58.1 Å². The van der Waals surface area contributed by atoms with E-state index in [4.69, 9.17) is 9.47 Å². The predicted molar refractivity (Wildman–Crippen MR) is 83.4 cm³/mol. The topological polar surface area (TPSA) is 52.6 Å². The lowest BCUT2D eigenvalue weighted by molar-refractivity contribution is -0.173. The summed E-state index contributed by atoms with van der Waals surface area (Å²) in [5.41, 5.74) is -0.566. The smallest absolute Gasteiger partial charge is 0.314 e. The monoisotopic (exact) mass is 320 g/mol. The molecule has 1 heterocycles. The first-order valence-corrected chi connectivity index (χ1v) is 9.39. The van der Waals surface area contributed by atoms with Crippen LogP contribution in [0.2, 0.25) is 0 Å². The third kappa shape index (κ3) is 7.43. The Hall–Kier alpha value is -0.360. The molecule has 0 spiro atoms. The molecule has 20 heavy (non-hydrogen) atoms. The van der Waals surface area contributed by atoms with Crippen molar-refractivity contribution in [3.63, 3.8) is 0 Å². The van der Waals surface area contributed by atoms with Crippen LogP contribution in [0.1, 0.15) is 52.9 Å². The van der Waals surface area contributed by atoms with Gasteiger partial charge in [-0.05, 0) is 40.0 Å². The van der Waals surface area contributed by atoms with E-state index in [0.717, 1.165) is 18.1 Å². The highest BCUT2D eigenvalue weighted by Crippen LogP contribution is 2.39. The zero-order chi connectivity index (χ0) is 15.0. The summed E-state index contributed by atoms with van der Waals surface area (Å²) in [4.78, 5) is 22.9. The first-order chi connectivity index (χ1) is 9.39. The van der Waals surface area contributed by atoms with Gasteiger partial charge >= 0.3 is 11.9 Å². The van der Waals surface area contributed by atoms with Crippen molar-refractivity contribution in [3.8, 4) is 0 Å². The van der Waals surface area contributed by atoms with Gasteiger partial charge in [0.2, 0.25) is 6.79 Å². The van der Waals surface area contributed by atoms with Crippen LogP contribution in [0.15, 0.2) is 0 Å². The molecule has 0 aromatic rings. The van der Waals surface area contributed by atoms with E-state index in [0.29, 0.717) is 6.42 Å². The molecule has 116 valence electrons. The van der Waals surface area contributed by atoms with E-state index in [1.165, 1.54) is 18.6 Å². The third-order valence-corrected chi connectivity index (χ3v) is 5.91. The molecule has 1 saturated heterocycles. The number of hydrogen-bond donors (Lipinski definition) is 0. The predicted octanol–water partition coefficient (Wildman–Crippen LogP) is 3.79. The Labute approximate surface area is 129 Å². The average molecular weight is 320 g/mol. The van der Waals surface area contributed by atoms with Crippen molar-refractivity contribution in [1.29, 1.82) is 0 Å². The van der Waals surface area contributed by atoms with Gasteiger partial charge in [0.1, 0.15) is 0 Å². The molecule has 0 N–H and O–H groups in total. The maximum Gasteiger partial charge on any atom is 0.314 e. The summed E-state index contributed by atoms with van der Waals surface area (Å²) in [5, 5.41) is 0.753. The van der Waals surface area contributed by atoms with Crippen molar-refractivity contribution in [2.75, 3.05) is 12.5 Å². The highest BCUT2D eigenvalue weighted by Gasteiger charge is 2.23. The maximum atomic E-state index is 11.4. The fraction of sp³-hybridized carbons (Fsp3) is 0.857. The molecule has 0 aliphatic carbocycles. The molecule has 1 atom stereocenters. The summed E-state index contributed by atoms with van der Waals surface area (Å²) in [6.45, 7) is 5.01. The molecule has 0 amide bonds. The minimum Gasteiger partial charge on any atom is -0.428 e. The number of carbonyl (C=O) groups is 2. The highest BCUT2D eigenvalue weighted by molar-refractivity contribution is 8.77. The molecule has 1 fully saturated rings. The number of hydrogen-bond acceptors (Lipinski definition) is 6. The van der Waals surface area contributed by atoms with E-state index in [-0.39, 0.29) is 18.7 Å². The molecule has 0 aromatic heterocycles. The first kappa shape index (κ1) is 17.7. The van der Waals surface area contributed by atoms with Gasteiger partial charge in [-0.15, -0.1) is 0 Å². The van der Waals surface area contributed by atoms with Crippen LogP contribution in [0.3, 0.4) is 0 Å². The van der Waals surface area contributed by atoms with Gasteiger partial charge in [-0.2, -0.15) is 0 Å². The molecule has 0 saturated carbocycles. The second-order valence-electron chi connectivity index (χ2n) is 5.89. The molecule has 1 aliphatic heterocycles. The van der Waals surface area contributed by atoms with E-state index < -0.39 is 5.41 Å². The van der Waals surface area contributed by atoms with Gasteiger partial charge in [0.05, 0.1) is 5.41 Å². The zero-order valence-corrected chi connectivity index (χ0v) is 14.1. The molecule has 4 nitrogen and oxygen atoms in total. The van der Waals surface area contributed by atoms with E-state index in [1.807, 2.05) is 21.6 Å². The van der Waals surface area contributed by atoms with Crippen LogP contribution in [0.25, 0.3) is 0 Å². The summed E-state index contributed by atoms with van der Waals surface area (Å²) in [6.07, 6.45) is 4.74. The third-order valence-electron chi connectivity index (χ3n) is 2.91. The van der Waals surface area contributed by atoms with Gasteiger partial charge in [0.25, 0.3) is 0 Å². The average Bonchev–Trinajstić information content (AvgIpc) is 2.86. The normalized spacial score (nSPS) is 18.9. The van der Waals surface area contributed by atoms with Gasteiger partial charge in [-0.3, -0.25) is 9.59 Å². The Morgan fingerprint density at radius 3 is 2.55 bits per heavy atom. The second kappa shape index (κ2) is 8.82. The molecule has 1 aliphatic rings. The Bertz CT molecular complexity index is 320. The van der Waals surface area contributed by atoms with Crippen LogP contribution in [0.5, 0.6) is 0 Å². The van der Waals surface area contributed by atoms with Gasteiger partial charge in [-0.1, -0.05) is 28.0 Å². The van der Waals surface area contributed by atoms with Crippen LogP contribution in [-0.2, 0) is 19.1 Å². The quantitative estimate of drug-likeness (QED) is 0.308. The van der Waals surface area contributed by atoms with Gasteiger partial charge in [0, 0.05) is 17.4 Å². The van der Waals surface area contributed by atoms with E-state index >= 15 is 0 Å².